The Labute approximate surface area is 118 Å². The van der Waals surface area contributed by atoms with Gasteiger partial charge in [-0.3, -0.25) is 0 Å². The van der Waals surface area contributed by atoms with Crippen LogP contribution in [0.4, 0.5) is 0 Å². The van der Waals surface area contributed by atoms with Crippen molar-refractivity contribution in [2.75, 3.05) is 45.9 Å². The molecule has 2 fully saturated rings. The summed E-state index contributed by atoms with van der Waals surface area (Å²) in [6.07, 6.45) is 4.87. The van der Waals surface area contributed by atoms with Gasteiger partial charge < -0.3 is 20.2 Å². The Morgan fingerprint density at radius 3 is 2.16 bits per heavy atom. The number of nitrogens with zero attached hydrogens (tertiary/aromatic N) is 2. The first-order valence-corrected chi connectivity index (χ1v) is 7.98. The second kappa shape index (κ2) is 7.02. The van der Waals surface area contributed by atoms with Gasteiger partial charge in [0, 0.05) is 44.3 Å². The maximum Gasteiger partial charge on any atom is 0.0611 e. The molecule has 0 aromatic carbocycles. The lowest BCUT2D eigenvalue weighted by Gasteiger charge is -2.37. The van der Waals surface area contributed by atoms with Crippen molar-refractivity contribution >= 4 is 0 Å². The van der Waals surface area contributed by atoms with E-state index in [4.69, 9.17) is 0 Å². The van der Waals surface area contributed by atoms with Crippen LogP contribution in [0.25, 0.3) is 0 Å². The van der Waals surface area contributed by atoms with E-state index < -0.39 is 0 Å². The van der Waals surface area contributed by atoms with E-state index in [1.165, 1.54) is 52.0 Å². The minimum atomic E-state index is -0.0816. The number of hydrogen-bond donors (Lipinski definition) is 2. The van der Waals surface area contributed by atoms with Crippen LogP contribution in [-0.4, -0.2) is 72.4 Å². The van der Waals surface area contributed by atoms with E-state index in [1.54, 1.807) is 0 Å². The van der Waals surface area contributed by atoms with Crippen LogP contribution in [-0.2, 0) is 0 Å². The molecule has 1 atom stereocenters. The van der Waals surface area contributed by atoms with Crippen molar-refractivity contribution in [2.24, 2.45) is 0 Å². The molecule has 1 saturated heterocycles. The molecule has 19 heavy (non-hydrogen) atoms. The van der Waals surface area contributed by atoms with Crippen molar-refractivity contribution in [3.05, 3.63) is 0 Å². The quantitative estimate of drug-likeness (QED) is 0.687. The first-order valence-electron chi connectivity index (χ1n) is 7.98. The molecule has 1 aliphatic carbocycles. The number of rotatable bonds is 8. The molecule has 0 aromatic heterocycles. The van der Waals surface area contributed by atoms with Crippen LogP contribution in [0.3, 0.4) is 0 Å². The Morgan fingerprint density at radius 2 is 1.68 bits per heavy atom. The number of aliphatic hydroxyl groups is 1. The second-order valence-electron chi connectivity index (χ2n) is 6.57. The summed E-state index contributed by atoms with van der Waals surface area (Å²) in [5.74, 6) is 0. The topological polar surface area (TPSA) is 38.7 Å². The maximum atomic E-state index is 9.61. The van der Waals surface area contributed by atoms with Crippen LogP contribution >= 0.6 is 0 Å². The maximum absolute atomic E-state index is 9.61. The van der Waals surface area contributed by atoms with Crippen LogP contribution < -0.4 is 5.32 Å². The molecule has 1 aliphatic heterocycles. The smallest absolute Gasteiger partial charge is 0.0611 e. The third-order valence-electron chi connectivity index (χ3n) is 4.46. The van der Waals surface area contributed by atoms with E-state index in [1.807, 2.05) is 0 Å². The van der Waals surface area contributed by atoms with E-state index in [-0.39, 0.29) is 12.1 Å². The highest BCUT2D eigenvalue weighted by Crippen LogP contribution is 2.24. The fraction of sp³-hybridized carbons (Fsp3) is 1.00. The van der Waals surface area contributed by atoms with Gasteiger partial charge in [-0.1, -0.05) is 6.92 Å². The lowest BCUT2D eigenvalue weighted by molar-refractivity contribution is 0.105. The first-order chi connectivity index (χ1) is 9.15. The Balaban J connectivity index is 1.67. The Bertz CT molecular complexity index is 262. The standard InChI is InChI=1S/C15H31N3O/c1-3-7-17-9-11-18(12-10-17)8-6-15(2,13-19)16-14-4-5-14/h14,16,19H,3-13H2,1-2H3. The molecule has 0 radical (unpaired) electrons. The van der Waals surface area contributed by atoms with Crippen molar-refractivity contribution in [1.29, 1.82) is 0 Å². The summed E-state index contributed by atoms with van der Waals surface area (Å²) in [4.78, 5) is 5.11. The van der Waals surface area contributed by atoms with Crippen LogP contribution in [0.1, 0.15) is 39.5 Å². The van der Waals surface area contributed by atoms with E-state index >= 15 is 0 Å². The summed E-state index contributed by atoms with van der Waals surface area (Å²) in [5.41, 5.74) is -0.0816. The van der Waals surface area contributed by atoms with Gasteiger partial charge in [0.1, 0.15) is 0 Å². The van der Waals surface area contributed by atoms with E-state index in [2.05, 4.69) is 29.0 Å². The fourth-order valence-electron chi connectivity index (χ4n) is 2.87. The molecule has 2 N–H and O–H groups in total. The van der Waals surface area contributed by atoms with Crippen molar-refractivity contribution < 1.29 is 5.11 Å². The lowest BCUT2D eigenvalue weighted by Crippen LogP contribution is -2.51. The molecular formula is C15H31N3O. The van der Waals surface area contributed by atoms with E-state index in [9.17, 15) is 5.11 Å². The minimum Gasteiger partial charge on any atom is -0.394 e. The number of aliphatic hydroxyl groups excluding tert-OH is 1. The number of piperazine rings is 1. The largest absolute Gasteiger partial charge is 0.394 e. The van der Waals surface area contributed by atoms with Crippen molar-refractivity contribution in [3.63, 3.8) is 0 Å². The SMILES string of the molecule is CCCN1CCN(CCC(C)(CO)NC2CC2)CC1. The highest BCUT2D eigenvalue weighted by molar-refractivity contribution is 4.93. The first kappa shape index (κ1) is 15.2. The summed E-state index contributed by atoms with van der Waals surface area (Å²) in [5, 5.41) is 13.2. The molecule has 4 heteroatoms. The summed E-state index contributed by atoms with van der Waals surface area (Å²) in [6.45, 7) is 11.8. The molecule has 4 nitrogen and oxygen atoms in total. The van der Waals surface area contributed by atoms with Gasteiger partial charge in [-0.2, -0.15) is 0 Å². The summed E-state index contributed by atoms with van der Waals surface area (Å²) < 4.78 is 0. The monoisotopic (exact) mass is 269 g/mol. The highest BCUT2D eigenvalue weighted by Gasteiger charge is 2.32. The van der Waals surface area contributed by atoms with Gasteiger partial charge in [0.15, 0.2) is 0 Å². The molecule has 2 aliphatic rings. The number of nitrogens with one attached hydrogen (secondary N) is 1. The predicted octanol–water partition coefficient (Wildman–Crippen LogP) is 0.907. The van der Waals surface area contributed by atoms with Gasteiger partial charge in [0.25, 0.3) is 0 Å². The lowest BCUT2D eigenvalue weighted by atomic mass is 9.98. The van der Waals surface area contributed by atoms with Crippen LogP contribution in [0.2, 0.25) is 0 Å². The Morgan fingerprint density at radius 1 is 1.11 bits per heavy atom. The van der Waals surface area contributed by atoms with E-state index in [0.717, 1.165) is 13.0 Å². The molecule has 1 saturated carbocycles. The molecule has 2 rings (SSSR count). The second-order valence-corrected chi connectivity index (χ2v) is 6.57. The summed E-state index contributed by atoms with van der Waals surface area (Å²) in [6, 6.07) is 0.665. The third-order valence-corrected chi connectivity index (χ3v) is 4.46. The van der Waals surface area contributed by atoms with E-state index in [0.29, 0.717) is 6.04 Å². The van der Waals surface area contributed by atoms with Crippen LogP contribution in [0.15, 0.2) is 0 Å². The van der Waals surface area contributed by atoms with Gasteiger partial charge in [-0.05, 0) is 39.2 Å². The zero-order chi connectivity index (χ0) is 13.7. The molecule has 0 bridgehead atoms. The minimum absolute atomic E-state index is 0.0816. The molecule has 0 amide bonds. The van der Waals surface area contributed by atoms with Crippen molar-refractivity contribution in [3.8, 4) is 0 Å². The third kappa shape index (κ3) is 5.03. The highest BCUT2D eigenvalue weighted by atomic mass is 16.3. The molecule has 0 aromatic rings. The van der Waals surface area contributed by atoms with Crippen molar-refractivity contribution in [1.82, 2.24) is 15.1 Å². The van der Waals surface area contributed by atoms with Crippen LogP contribution in [0.5, 0.6) is 0 Å². The van der Waals surface area contributed by atoms with Gasteiger partial charge in [0.05, 0.1) is 6.61 Å². The van der Waals surface area contributed by atoms with Gasteiger partial charge >= 0.3 is 0 Å². The normalized spacial score (nSPS) is 25.4. The molecule has 0 spiro atoms. The molecular weight excluding hydrogens is 238 g/mol. The summed E-state index contributed by atoms with van der Waals surface area (Å²) in [7, 11) is 0. The molecule has 112 valence electrons. The van der Waals surface area contributed by atoms with Crippen molar-refractivity contribution in [2.45, 2.75) is 51.1 Å². The zero-order valence-electron chi connectivity index (χ0n) is 12.7. The fourth-order valence-corrected chi connectivity index (χ4v) is 2.87. The average Bonchev–Trinajstić information content (AvgIpc) is 3.22. The zero-order valence-corrected chi connectivity index (χ0v) is 12.7. The van der Waals surface area contributed by atoms with Gasteiger partial charge in [0.2, 0.25) is 0 Å². The number of hydrogen-bond acceptors (Lipinski definition) is 4. The molecule has 1 heterocycles. The summed E-state index contributed by atoms with van der Waals surface area (Å²) >= 11 is 0. The van der Waals surface area contributed by atoms with Crippen LogP contribution in [0, 0.1) is 0 Å². The Hall–Kier alpha value is -0.160. The van der Waals surface area contributed by atoms with Gasteiger partial charge in [-0.25, -0.2) is 0 Å². The van der Waals surface area contributed by atoms with Gasteiger partial charge in [-0.15, -0.1) is 0 Å². The average molecular weight is 269 g/mol. The molecule has 1 unspecified atom stereocenters. The predicted molar refractivity (Wildman–Crippen MR) is 79.4 cm³/mol. The Kier molecular flexibility index (Phi) is 5.63.